The SMILES string of the molecule is Cc1cc(Nc2nc(CC(=O)O)cs2)ccc1Br. The molecule has 0 fully saturated rings. The summed E-state index contributed by atoms with van der Waals surface area (Å²) in [6, 6.07) is 5.90. The van der Waals surface area contributed by atoms with Gasteiger partial charge in [0.1, 0.15) is 0 Å². The molecule has 0 aliphatic rings. The lowest BCUT2D eigenvalue weighted by atomic mass is 10.2. The molecular weight excluding hydrogens is 316 g/mol. The first-order valence-corrected chi connectivity index (χ1v) is 6.91. The molecule has 2 aromatic rings. The molecule has 0 aliphatic heterocycles. The van der Waals surface area contributed by atoms with Crippen LogP contribution in [0.5, 0.6) is 0 Å². The number of hydrogen-bond donors (Lipinski definition) is 2. The minimum absolute atomic E-state index is 0.0441. The van der Waals surface area contributed by atoms with Gasteiger partial charge in [-0.25, -0.2) is 4.98 Å². The van der Waals surface area contributed by atoms with E-state index in [2.05, 4.69) is 26.2 Å². The second-order valence-corrected chi connectivity index (χ2v) is 5.52. The van der Waals surface area contributed by atoms with Crippen LogP contribution in [0.2, 0.25) is 0 Å². The van der Waals surface area contributed by atoms with Crippen molar-refractivity contribution >= 4 is 44.1 Å². The third-order valence-electron chi connectivity index (χ3n) is 2.29. The van der Waals surface area contributed by atoms with Gasteiger partial charge in [0.05, 0.1) is 12.1 Å². The Kier molecular flexibility index (Phi) is 3.98. The van der Waals surface area contributed by atoms with Gasteiger partial charge in [0.25, 0.3) is 0 Å². The lowest BCUT2D eigenvalue weighted by molar-refractivity contribution is -0.136. The molecule has 0 bridgehead atoms. The van der Waals surface area contributed by atoms with Crippen molar-refractivity contribution in [3.05, 3.63) is 39.3 Å². The van der Waals surface area contributed by atoms with E-state index >= 15 is 0 Å². The summed E-state index contributed by atoms with van der Waals surface area (Å²) in [7, 11) is 0. The summed E-state index contributed by atoms with van der Waals surface area (Å²) >= 11 is 4.84. The predicted molar refractivity (Wildman–Crippen MR) is 75.6 cm³/mol. The molecular formula is C12H11BrN2O2S. The van der Waals surface area contributed by atoms with Gasteiger partial charge < -0.3 is 10.4 Å². The van der Waals surface area contributed by atoms with E-state index in [4.69, 9.17) is 5.11 Å². The third kappa shape index (κ3) is 3.30. The molecule has 0 saturated heterocycles. The number of hydrogen-bond acceptors (Lipinski definition) is 4. The van der Waals surface area contributed by atoms with E-state index in [0.717, 1.165) is 15.7 Å². The number of thiazole rings is 1. The molecule has 2 rings (SSSR count). The number of nitrogens with one attached hydrogen (secondary N) is 1. The number of halogens is 1. The highest BCUT2D eigenvalue weighted by Gasteiger charge is 2.06. The van der Waals surface area contributed by atoms with Crippen LogP contribution in [0.4, 0.5) is 10.8 Å². The Hall–Kier alpha value is -1.40. The number of aliphatic carboxylic acids is 1. The van der Waals surface area contributed by atoms with Crippen LogP contribution in [0, 0.1) is 6.92 Å². The zero-order valence-electron chi connectivity index (χ0n) is 9.61. The van der Waals surface area contributed by atoms with Crippen molar-refractivity contribution in [2.24, 2.45) is 0 Å². The minimum atomic E-state index is -0.869. The van der Waals surface area contributed by atoms with Crippen LogP contribution in [-0.2, 0) is 11.2 Å². The molecule has 1 aromatic heterocycles. The summed E-state index contributed by atoms with van der Waals surface area (Å²) in [6.45, 7) is 2.01. The highest BCUT2D eigenvalue weighted by molar-refractivity contribution is 9.10. The average molecular weight is 327 g/mol. The fourth-order valence-corrected chi connectivity index (χ4v) is 2.42. The highest BCUT2D eigenvalue weighted by atomic mass is 79.9. The summed E-state index contributed by atoms with van der Waals surface area (Å²) in [5, 5.41) is 14.3. The molecule has 1 heterocycles. The first kappa shape index (κ1) is 13.0. The summed E-state index contributed by atoms with van der Waals surface area (Å²) in [5.74, 6) is -0.869. The predicted octanol–water partition coefficient (Wildman–Crippen LogP) is 3.58. The Bertz CT molecular complexity index is 583. The topological polar surface area (TPSA) is 62.2 Å². The largest absolute Gasteiger partial charge is 0.481 e. The Labute approximate surface area is 117 Å². The van der Waals surface area contributed by atoms with E-state index in [1.807, 2.05) is 25.1 Å². The molecule has 6 heteroatoms. The molecule has 2 N–H and O–H groups in total. The van der Waals surface area contributed by atoms with Crippen LogP contribution in [0.3, 0.4) is 0 Å². The van der Waals surface area contributed by atoms with E-state index < -0.39 is 5.97 Å². The number of anilines is 2. The molecule has 0 aliphatic carbocycles. The molecule has 0 atom stereocenters. The second-order valence-electron chi connectivity index (χ2n) is 3.80. The van der Waals surface area contributed by atoms with Crippen LogP contribution < -0.4 is 5.32 Å². The third-order valence-corrected chi connectivity index (χ3v) is 3.99. The number of carboxylic acid groups (broad SMARTS) is 1. The average Bonchev–Trinajstić information content (AvgIpc) is 2.70. The Morgan fingerprint density at radius 3 is 3.00 bits per heavy atom. The summed E-state index contributed by atoms with van der Waals surface area (Å²) in [5.41, 5.74) is 2.64. The van der Waals surface area contributed by atoms with Gasteiger partial charge >= 0.3 is 5.97 Å². The van der Waals surface area contributed by atoms with E-state index in [0.29, 0.717) is 10.8 Å². The summed E-state index contributed by atoms with van der Waals surface area (Å²) in [6.07, 6.45) is -0.0441. The fraction of sp³-hybridized carbons (Fsp3) is 0.167. The monoisotopic (exact) mass is 326 g/mol. The molecule has 94 valence electrons. The lowest BCUT2D eigenvalue weighted by Crippen LogP contribution is -2.00. The van der Waals surface area contributed by atoms with Crippen LogP contribution in [0.15, 0.2) is 28.1 Å². The van der Waals surface area contributed by atoms with Gasteiger partial charge in [0.15, 0.2) is 5.13 Å². The number of benzene rings is 1. The number of aromatic nitrogens is 1. The van der Waals surface area contributed by atoms with E-state index in [1.54, 1.807) is 5.38 Å². The number of nitrogens with zero attached hydrogens (tertiary/aromatic N) is 1. The maximum Gasteiger partial charge on any atom is 0.309 e. The van der Waals surface area contributed by atoms with E-state index in [9.17, 15) is 4.79 Å². The smallest absolute Gasteiger partial charge is 0.309 e. The van der Waals surface area contributed by atoms with Gasteiger partial charge in [0, 0.05) is 15.5 Å². The lowest BCUT2D eigenvalue weighted by Gasteiger charge is -2.04. The van der Waals surface area contributed by atoms with Crippen molar-refractivity contribution in [2.45, 2.75) is 13.3 Å². The van der Waals surface area contributed by atoms with Crippen LogP contribution in [0.1, 0.15) is 11.3 Å². The number of carboxylic acids is 1. The van der Waals surface area contributed by atoms with Gasteiger partial charge in [-0.3, -0.25) is 4.79 Å². The standard InChI is InChI=1S/C12H11BrN2O2S/c1-7-4-8(2-3-10(7)13)14-12-15-9(6-18-12)5-11(16)17/h2-4,6H,5H2,1H3,(H,14,15)(H,16,17). The first-order valence-electron chi connectivity index (χ1n) is 5.24. The summed E-state index contributed by atoms with van der Waals surface area (Å²) < 4.78 is 1.05. The van der Waals surface area contributed by atoms with Crippen LogP contribution in [-0.4, -0.2) is 16.1 Å². The number of rotatable bonds is 4. The summed E-state index contributed by atoms with van der Waals surface area (Å²) in [4.78, 5) is 14.8. The van der Waals surface area contributed by atoms with E-state index in [1.165, 1.54) is 11.3 Å². The highest BCUT2D eigenvalue weighted by Crippen LogP contribution is 2.25. The Morgan fingerprint density at radius 2 is 2.33 bits per heavy atom. The first-order chi connectivity index (χ1) is 8.54. The number of carbonyl (C=O) groups is 1. The molecule has 0 amide bonds. The molecule has 4 nitrogen and oxygen atoms in total. The van der Waals surface area contributed by atoms with Gasteiger partial charge in [-0.15, -0.1) is 11.3 Å². The maximum atomic E-state index is 10.6. The zero-order chi connectivity index (χ0) is 13.1. The number of aryl methyl sites for hydroxylation is 1. The molecule has 0 spiro atoms. The van der Waals surface area contributed by atoms with Gasteiger partial charge in [-0.2, -0.15) is 0 Å². The fourth-order valence-electron chi connectivity index (χ4n) is 1.45. The van der Waals surface area contributed by atoms with Crippen LogP contribution in [0.25, 0.3) is 0 Å². The molecule has 0 radical (unpaired) electrons. The van der Waals surface area contributed by atoms with E-state index in [-0.39, 0.29) is 6.42 Å². The van der Waals surface area contributed by atoms with Crippen molar-refractivity contribution in [3.8, 4) is 0 Å². The molecule has 18 heavy (non-hydrogen) atoms. The van der Waals surface area contributed by atoms with Crippen molar-refractivity contribution in [1.82, 2.24) is 4.98 Å². The molecule has 1 aromatic carbocycles. The van der Waals surface area contributed by atoms with Crippen LogP contribution >= 0.6 is 27.3 Å². The maximum absolute atomic E-state index is 10.6. The van der Waals surface area contributed by atoms with Gasteiger partial charge in [-0.05, 0) is 30.7 Å². The Balaban J connectivity index is 2.11. The van der Waals surface area contributed by atoms with Gasteiger partial charge in [-0.1, -0.05) is 15.9 Å². The van der Waals surface area contributed by atoms with Crippen molar-refractivity contribution < 1.29 is 9.90 Å². The van der Waals surface area contributed by atoms with Crippen molar-refractivity contribution in [3.63, 3.8) is 0 Å². The zero-order valence-corrected chi connectivity index (χ0v) is 12.0. The Morgan fingerprint density at radius 1 is 1.56 bits per heavy atom. The van der Waals surface area contributed by atoms with Crippen molar-refractivity contribution in [1.29, 1.82) is 0 Å². The quantitative estimate of drug-likeness (QED) is 0.901. The molecule has 0 unspecified atom stereocenters. The van der Waals surface area contributed by atoms with Gasteiger partial charge in [0.2, 0.25) is 0 Å². The normalized spacial score (nSPS) is 10.3. The molecule has 0 saturated carbocycles. The second kappa shape index (κ2) is 5.49. The van der Waals surface area contributed by atoms with Crippen molar-refractivity contribution in [2.75, 3.05) is 5.32 Å². The minimum Gasteiger partial charge on any atom is -0.481 e.